The van der Waals surface area contributed by atoms with Gasteiger partial charge in [0.15, 0.2) is 5.82 Å². The van der Waals surface area contributed by atoms with Gasteiger partial charge in [0.25, 0.3) is 5.91 Å². The Bertz CT molecular complexity index is 1010. The second-order valence-corrected chi connectivity index (χ2v) is 7.31. The molecular weight excluding hydrogens is 425 g/mol. The van der Waals surface area contributed by atoms with Gasteiger partial charge in [0.2, 0.25) is 11.8 Å². The number of rotatable bonds is 9. The second kappa shape index (κ2) is 10.5. The summed E-state index contributed by atoms with van der Waals surface area (Å²) in [6, 6.07) is 10.4. The van der Waals surface area contributed by atoms with Gasteiger partial charge in [0.1, 0.15) is 12.3 Å². The van der Waals surface area contributed by atoms with Gasteiger partial charge in [-0.25, -0.2) is 4.39 Å². The molecule has 0 fully saturated rings. The van der Waals surface area contributed by atoms with Crippen LogP contribution in [0, 0.1) is 11.2 Å². The molecule has 2 rings (SSSR count). The van der Waals surface area contributed by atoms with Crippen molar-refractivity contribution in [3.8, 4) is 0 Å². The molecule has 0 bridgehead atoms. The molecule has 5 N–H and O–H groups in total. The Kier molecular flexibility index (Phi) is 8.09. The van der Waals surface area contributed by atoms with E-state index in [1.54, 1.807) is 32.0 Å². The molecule has 0 aliphatic heterocycles. The van der Waals surface area contributed by atoms with Crippen LogP contribution in [0.15, 0.2) is 42.5 Å². The third-order valence-corrected chi connectivity index (χ3v) is 4.65. The van der Waals surface area contributed by atoms with Crippen LogP contribution >= 0.6 is 11.6 Å². The second-order valence-electron chi connectivity index (χ2n) is 6.90. The summed E-state index contributed by atoms with van der Waals surface area (Å²) in [6.07, 6.45) is 0. The Balaban J connectivity index is 2.06. The van der Waals surface area contributed by atoms with Crippen molar-refractivity contribution in [3.05, 3.63) is 58.9 Å². The van der Waals surface area contributed by atoms with E-state index < -0.39 is 23.5 Å². The number of hydrogen-bond donors (Lipinski definition) is 4. The highest BCUT2D eigenvalue weighted by molar-refractivity contribution is 6.44. The van der Waals surface area contributed by atoms with Gasteiger partial charge >= 0.3 is 0 Å². The van der Waals surface area contributed by atoms with E-state index in [0.717, 1.165) is 0 Å². The molecule has 164 valence electrons. The smallest absolute Gasteiger partial charge is 0.267 e. The number of halogens is 2. The molecule has 0 radical (unpaired) electrons. The molecule has 8 nitrogen and oxygen atoms in total. The van der Waals surface area contributed by atoms with Gasteiger partial charge in [-0.2, -0.15) is 0 Å². The van der Waals surface area contributed by atoms with Crippen LogP contribution in [-0.4, -0.2) is 47.5 Å². The van der Waals surface area contributed by atoms with Crippen molar-refractivity contribution in [2.45, 2.75) is 19.9 Å². The standard InChI is InChI=1S/C21H23ClFN5O3/c1-12(2)28(11-17(29)27-16-9-5-7-14(22)19(16)23)18(30)10-26-15-8-4-3-6-13(15)20(24)21(25)31/h3-9,12,24,26H,10-11H2,1-2H3,(H2,25,31)(H,27,29). The van der Waals surface area contributed by atoms with Crippen LogP contribution in [0.2, 0.25) is 5.02 Å². The molecule has 0 saturated heterocycles. The highest BCUT2D eigenvalue weighted by Crippen LogP contribution is 2.22. The van der Waals surface area contributed by atoms with Crippen molar-refractivity contribution in [1.29, 1.82) is 5.41 Å². The number of nitrogens with zero attached hydrogens (tertiary/aromatic N) is 1. The summed E-state index contributed by atoms with van der Waals surface area (Å²) in [5.74, 6) is -2.64. The number of hydrogen-bond acceptors (Lipinski definition) is 5. The molecule has 0 atom stereocenters. The number of para-hydroxylation sites is 1. The van der Waals surface area contributed by atoms with E-state index in [4.69, 9.17) is 22.7 Å². The first-order valence-corrected chi connectivity index (χ1v) is 9.74. The van der Waals surface area contributed by atoms with Gasteiger partial charge in [-0.05, 0) is 32.0 Å². The third kappa shape index (κ3) is 6.26. The number of nitrogens with two attached hydrogens (primary N) is 1. The van der Waals surface area contributed by atoms with Crippen molar-refractivity contribution >= 4 is 46.4 Å². The average Bonchev–Trinajstić information content (AvgIpc) is 2.73. The summed E-state index contributed by atoms with van der Waals surface area (Å²) in [5, 5.41) is 13.0. The molecule has 3 amide bonds. The van der Waals surface area contributed by atoms with E-state index >= 15 is 0 Å². The first-order chi connectivity index (χ1) is 14.6. The van der Waals surface area contributed by atoms with Gasteiger partial charge in [-0.3, -0.25) is 19.8 Å². The summed E-state index contributed by atoms with van der Waals surface area (Å²) >= 11 is 5.71. The number of primary amides is 1. The fraction of sp³-hybridized carbons (Fsp3) is 0.238. The molecule has 2 aromatic rings. The Hall–Kier alpha value is -3.46. The zero-order valence-electron chi connectivity index (χ0n) is 17.0. The first-order valence-electron chi connectivity index (χ1n) is 9.36. The minimum Gasteiger partial charge on any atom is -0.376 e. The minimum atomic E-state index is -0.894. The van der Waals surface area contributed by atoms with Crippen LogP contribution in [-0.2, 0) is 14.4 Å². The lowest BCUT2D eigenvalue weighted by Crippen LogP contribution is -2.45. The molecule has 31 heavy (non-hydrogen) atoms. The number of amides is 3. The maximum absolute atomic E-state index is 14.0. The van der Waals surface area contributed by atoms with E-state index in [0.29, 0.717) is 5.69 Å². The van der Waals surface area contributed by atoms with Crippen LogP contribution in [0.3, 0.4) is 0 Å². The fourth-order valence-electron chi connectivity index (χ4n) is 2.76. The summed E-state index contributed by atoms with van der Waals surface area (Å²) in [6.45, 7) is 2.98. The maximum Gasteiger partial charge on any atom is 0.267 e. The molecule has 0 heterocycles. The van der Waals surface area contributed by atoms with Crippen molar-refractivity contribution in [1.82, 2.24) is 4.90 Å². The van der Waals surface area contributed by atoms with Crippen molar-refractivity contribution in [2.75, 3.05) is 23.7 Å². The SMILES string of the molecule is CC(C)N(CC(=O)Nc1cccc(Cl)c1F)C(=O)CNc1ccccc1C(=N)C(N)=O. The zero-order chi connectivity index (χ0) is 23.1. The Morgan fingerprint density at radius 3 is 2.42 bits per heavy atom. The van der Waals surface area contributed by atoms with Gasteiger partial charge in [-0.1, -0.05) is 35.9 Å². The van der Waals surface area contributed by atoms with Gasteiger partial charge in [0, 0.05) is 17.3 Å². The number of carbonyl (C=O) groups excluding carboxylic acids is 3. The summed E-state index contributed by atoms with van der Waals surface area (Å²) in [4.78, 5) is 37.7. The van der Waals surface area contributed by atoms with E-state index in [1.807, 2.05) is 0 Å². The van der Waals surface area contributed by atoms with Crippen LogP contribution in [0.4, 0.5) is 15.8 Å². The number of nitrogens with one attached hydrogen (secondary N) is 3. The maximum atomic E-state index is 14.0. The highest BCUT2D eigenvalue weighted by atomic mass is 35.5. The van der Waals surface area contributed by atoms with Crippen molar-refractivity contribution < 1.29 is 18.8 Å². The first kappa shape index (κ1) is 23.8. The molecule has 0 aliphatic carbocycles. The minimum absolute atomic E-state index is 0.0781. The summed E-state index contributed by atoms with van der Waals surface area (Å²) in [5.41, 5.74) is 5.35. The fourth-order valence-corrected chi connectivity index (χ4v) is 2.94. The lowest BCUT2D eigenvalue weighted by Gasteiger charge is -2.26. The van der Waals surface area contributed by atoms with Gasteiger partial charge < -0.3 is 21.3 Å². The summed E-state index contributed by atoms with van der Waals surface area (Å²) < 4.78 is 14.0. The van der Waals surface area contributed by atoms with Crippen LogP contribution in [0.5, 0.6) is 0 Å². The predicted octanol–water partition coefficient (Wildman–Crippen LogP) is 2.62. The lowest BCUT2D eigenvalue weighted by molar-refractivity contribution is -0.134. The molecule has 2 aromatic carbocycles. The quantitative estimate of drug-likeness (QED) is 0.440. The Labute approximate surface area is 184 Å². The summed E-state index contributed by atoms with van der Waals surface area (Å²) in [7, 11) is 0. The molecular formula is C21H23ClFN5O3. The van der Waals surface area contributed by atoms with Crippen molar-refractivity contribution in [2.24, 2.45) is 5.73 Å². The molecule has 0 unspecified atom stereocenters. The van der Waals surface area contributed by atoms with E-state index in [-0.39, 0.29) is 41.1 Å². The lowest BCUT2D eigenvalue weighted by atomic mass is 10.1. The molecule has 0 aliphatic rings. The zero-order valence-corrected chi connectivity index (χ0v) is 17.8. The van der Waals surface area contributed by atoms with Gasteiger partial charge in [0.05, 0.1) is 17.3 Å². The number of carbonyl (C=O) groups is 3. The van der Waals surface area contributed by atoms with Crippen LogP contribution in [0.1, 0.15) is 19.4 Å². The average molecular weight is 448 g/mol. The topological polar surface area (TPSA) is 128 Å². The third-order valence-electron chi connectivity index (χ3n) is 4.36. The Morgan fingerprint density at radius 1 is 1.13 bits per heavy atom. The Morgan fingerprint density at radius 2 is 1.77 bits per heavy atom. The van der Waals surface area contributed by atoms with Crippen molar-refractivity contribution in [3.63, 3.8) is 0 Å². The molecule has 0 saturated carbocycles. The largest absolute Gasteiger partial charge is 0.376 e. The van der Waals surface area contributed by atoms with Gasteiger partial charge in [-0.15, -0.1) is 0 Å². The normalized spacial score (nSPS) is 10.5. The molecule has 0 aromatic heterocycles. The number of anilines is 2. The number of benzene rings is 2. The monoisotopic (exact) mass is 447 g/mol. The van der Waals surface area contributed by atoms with Crippen LogP contribution < -0.4 is 16.4 Å². The van der Waals surface area contributed by atoms with Crippen LogP contribution in [0.25, 0.3) is 0 Å². The molecule has 0 spiro atoms. The predicted molar refractivity (Wildman–Crippen MR) is 118 cm³/mol. The van der Waals surface area contributed by atoms with E-state index in [1.165, 1.54) is 29.2 Å². The highest BCUT2D eigenvalue weighted by Gasteiger charge is 2.21. The van der Waals surface area contributed by atoms with E-state index in [9.17, 15) is 18.8 Å². The molecule has 10 heteroatoms. The van der Waals surface area contributed by atoms with E-state index in [2.05, 4.69) is 10.6 Å².